The van der Waals surface area contributed by atoms with Crippen molar-refractivity contribution in [3.63, 3.8) is 0 Å². The van der Waals surface area contributed by atoms with Crippen LogP contribution in [-0.4, -0.2) is 44.3 Å². The van der Waals surface area contributed by atoms with Crippen molar-refractivity contribution in [3.05, 3.63) is 95.3 Å². The molecule has 1 atom stereocenters. The number of nitrogens with one attached hydrogen (secondary N) is 1. The maximum atomic E-state index is 14.6. The SMILES string of the molecule is CCCNC(=O)[C@H](C)N(Cc1ccccc1F)C(=O)CN(c1cccc(C)c1)S(=O)(=O)c1ccc(C)cc1. The predicted octanol–water partition coefficient (Wildman–Crippen LogP) is 4.58. The third-order valence-corrected chi connectivity index (χ3v) is 7.98. The lowest BCUT2D eigenvalue weighted by Crippen LogP contribution is -2.51. The molecule has 0 aromatic heterocycles. The van der Waals surface area contributed by atoms with Crippen LogP contribution in [0.2, 0.25) is 0 Å². The molecule has 0 aliphatic rings. The second kappa shape index (κ2) is 12.7. The lowest BCUT2D eigenvalue weighted by Gasteiger charge is -2.32. The van der Waals surface area contributed by atoms with Gasteiger partial charge in [0.25, 0.3) is 10.0 Å². The summed E-state index contributed by atoms with van der Waals surface area (Å²) in [6.07, 6.45) is 0.704. The highest BCUT2D eigenvalue weighted by Crippen LogP contribution is 2.26. The fourth-order valence-electron chi connectivity index (χ4n) is 3.94. The highest BCUT2D eigenvalue weighted by molar-refractivity contribution is 7.92. The van der Waals surface area contributed by atoms with E-state index in [-0.39, 0.29) is 17.0 Å². The van der Waals surface area contributed by atoms with Gasteiger partial charge in [-0.1, -0.05) is 55.0 Å². The molecule has 0 bridgehead atoms. The second-order valence-electron chi connectivity index (χ2n) is 9.24. The summed E-state index contributed by atoms with van der Waals surface area (Å²) in [5, 5.41) is 2.76. The van der Waals surface area contributed by atoms with E-state index < -0.39 is 40.2 Å². The van der Waals surface area contributed by atoms with Crippen LogP contribution in [0.1, 0.15) is 37.0 Å². The van der Waals surface area contributed by atoms with Crippen LogP contribution in [0, 0.1) is 19.7 Å². The van der Waals surface area contributed by atoms with Gasteiger partial charge in [0, 0.05) is 18.7 Å². The molecule has 0 saturated heterocycles. The van der Waals surface area contributed by atoms with Gasteiger partial charge in [0.05, 0.1) is 10.6 Å². The topological polar surface area (TPSA) is 86.8 Å². The van der Waals surface area contributed by atoms with Gasteiger partial charge >= 0.3 is 0 Å². The van der Waals surface area contributed by atoms with Gasteiger partial charge in [-0.05, 0) is 63.1 Å². The molecule has 3 aromatic rings. The average molecular weight is 540 g/mol. The van der Waals surface area contributed by atoms with Crippen molar-refractivity contribution in [2.45, 2.75) is 51.6 Å². The Balaban J connectivity index is 2.03. The summed E-state index contributed by atoms with van der Waals surface area (Å²) in [7, 11) is -4.15. The Morgan fingerprint density at radius 1 is 0.947 bits per heavy atom. The number of amides is 2. The Morgan fingerprint density at radius 2 is 1.63 bits per heavy atom. The summed E-state index contributed by atoms with van der Waals surface area (Å²) < 4.78 is 43.2. The molecule has 0 spiro atoms. The smallest absolute Gasteiger partial charge is 0.264 e. The number of halogens is 1. The third-order valence-electron chi connectivity index (χ3n) is 6.19. The number of sulfonamides is 1. The monoisotopic (exact) mass is 539 g/mol. The number of nitrogens with zero attached hydrogens (tertiary/aromatic N) is 2. The van der Waals surface area contributed by atoms with Gasteiger partial charge in [-0.25, -0.2) is 12.8 Å². The van der Waals surface area contributed by atoms with Crippen LogP contribution in [0.15, 0.2) is 77.7 Å². The van der Waals surface area contributed by atoms with Gasteiger partial charge in [-0.2, -0.15) is 0 Å². The molecule has 3 aromatic carbocycles. The number of hydrogen-bond acceptors (Lipinski definition) is 4. The molecule has 1 N–H and O–H groups in total. The van der Waals surface area contributed by atoms with Crippen LogP contribution >= 0.6 is 0 Å². The zero-order valence-electron chi connectivity index (χ0n) is 22.1. The summed E-state index contributed by atoms with van der Waals surface area (Å²) >= 11 is 0. The van der Waals surface area contributed by atoms with Crippen LogP contribution in [0.25, 0.3) is 0 Å². The maximum absolute atomic E-state index is 14.6. The summed E-state index contributed by atoms with van der Waals surface area (Å²) in [6, 6.07) is 18.2. The van der Waals surface area contributed by atoms with E-state index in [0.717, 1.165) is 15.4 Å². The Morgan fingerprint density at radius 3 is 2.26 bits per heavy atom. The highest BCUT2D eigenvalue weighted by atomic mass is 32.2. The highest BCUT2D eigenvalue weighted by Gasteiger charge is 2.32. The number of hydrogen-bond donors (Lipinski definition) is 1. The molecule has 38 heavy (non-hydrogen) atoms. The van der Waals surface area contributed by atoms with E-state index in [4.69, 9.17) is 0 Å². The van der Waals surface area contributed by atoms with Crippen molar-refractivity contribution in [2.75, 3.05) is 17.4 Å². The molecule has 2 amide bonds. The summed E-state index contributed by atoms with van der Waals surface area (Å²) in [5.41, 5.74) is 2.24. The van der Waals surface area contributed by atoms with Gasteiger partial charge in [0.1, 0.15) is 18.4 Å². The molecule has 0 aliphatic carbocycles. The Kier molecular flexibility index (Phi) is 9.63. The maximum Gasteiger partial charge on any atom is 0.264 e. The minimum atomic E-state index is -4.15. The van der Waals surface area contributed by atoms with Crippen molar-refractivity contribution in [1.29, 1.82) is 0 Å². The minimum Gasteiger partial charge on any atom is -0.354 e. The second-order valence-corrected chi connectivity index (χ2v) is 11.1. The molecule has 0 saturated carbocycles. The Hall–Kier alpha value is -3.72. The predicted molar refractivity (Wildman–Crippen MR) is 147 cm³/mol. The molecule has 9 heteroatoms. The van der Waals surface area contributed by atoms with E-state index in [0.29, 0.717) is 18.7 Å². The molecular weight excluding hydrogens is 505 g/mol. The fraction of sp³-hybridized carbons (Fsp3) is 0.310. The van der Waals surface area contributed by atoms with E-state index in [1.54, 1.807) is 43.3 Å². The van der Waals surface area contributed by atoms with E-state index in [9.17, 15) is 22.4 Å². The molecule has 0 unspecified atom stereocenters. The first-order valence-electron chi connectivity index (χ1n) is 12.5. The molecular formula is C29H34FN3O4S. The standard InChI is InChI=1S/C29H34FN3O4S/c1-5-17-31-29(35)23(4)32(19-24-10-6-7-12-27(24)30)28(34)20-33(25-11-8-9-22(3)18-25)38(36,37)26-15-13-21(2)14-16-26/h6-16,18,23H,5,17,19-20H2,1-4H3,(H,31,35)/t23-/m0/s1. The van der Waals surface area contributed by atoms with Crippen molar-refractivity contribution in [1.82, 2.24) is 10.2 Å². The number of carbonyl (C=O) groups excluding carboxylic acids is 2. The summed E-state index contributed by atoms with van der Waals surface area (Å²) in [5.74, 6) is -1.56. The van der Waals surface area contributed by atoms with E-state index >= 15 is 0 Å². The average Bonchev–Trinajstić information content (AvgIpc) is 2.89. The first kappa shape index (κ1) is 28.8. The number of rotatable bonds is 11. The summed E-state index contributed by atoms with van der Waals surface area (Å²) in [4.78, 5) is 27.9. The zero-order chi connectivity index (χ0) is 27.9. The van der Waals surface area contributed by atoms with E-state index in [2.05, 4.69) is 5.32 Å². The molecule has 0 fully saturated rings. The molecule has 3 rings (SSSR count). The number of aryl methyl sites for hydroxylation is 2. The Labute approximate surface area is 224 Å². The third kappa shape index (κ3) is 6.98. The van der Waals surface area contributed by atoms with Crippen LogP contribution in [0.5, 0.6) is 0 Å². The summed E-state index contributed by atoms with van der Waals surface area (Å²) in [6.45, 7) is 6.79. The number of anilines is 1. The van der Waals surface area contributed by atoms with E-state index in [1.165, 1.54) is 35.2 Å². The first-order chi connectivity index (χ1) is 18.0. The first-order valence-corrected chi connectivity index (χ1v) is 13.9. The normalized spacial score (nSPS) is 12.0. The van der Waals surface area contributed by atoms with Gasteiger partial charge < -0.3 is 10.2 Å². The number of benzene rings is 3. The lowest BCUT2D eigenvalue weighted by molar-refractivity contribution is -0.139. The van der Waals surface area contributed by atoms with Crippen LogP contribution in [-0.2, 0) is 26.2 Å². The van der Waals surface area contributed by atoms with Crippen LogP contribution in [0.3, 0.4) is 0 Å². The molecule has 7 nitrogen and oxygen atoms in total. The zero-order valence-corrected chi connectivity index (χ0v) is 23.0. The molecule has 0 radical (unpaired) electrons. The molecule has 202 valence electrons. The van der Waals surface area contributed by atoms with Crippen LogP contribution in [0.4, 0.5) is 10.1 Å². The molecule has 0 heterocycles. The van der Waals surface area contributed by atoms with Gasteiger partial charge in [-0.3, -0.25) is 13.9 Å². The van der Waals surface area contributed by atoms with Gasteiger partial charge in [0.15, 0.2) is 0 Å². The lowest BCUT2D eigenvalue weighted by atomic mass is 10.1. The molecule has 0 aliphatic heterocycles. The van der Waals surface area contributed by atoms with E-state index in [1.807, 2.05) is 26.8 Å². The van der Waals surface area contributed by atoms with Gasteiger partial charge in [0.2, 0.25) is 11.8 Å². The van der Waals surface area contributed by atoms with Crippen molar-refractivity contribution < 1.29 is 22.4 Å². The fourth-order valence-corrected chi connectivity index (χ4v) is 5.34. The Bertz CT molecular complexity index is 1380. The van der Waals surface area contributed by atoms with Gasteiger partial charge in [-0.15, -0.1) is 0 Å². The largest absolute Gasteiger partial charge is 0.354 e. The van der Waals surface area contributed by atoms with Crippen molar-refractivity contribution in [3.8, 4) is 0 Å². The minimum absolute atomic E-state index is 0.0341. The quantitative estimate of drug-likeness (QED) is 0.387. The van der Waals surface area contributed by atoms with Crippen LogP contribution < -0.4 is 9.62 Å². The van der Waals surface area contributed by atoms with Crippen molar-refractivity contribution >= 4 is 27.5 Å². The van der Waals surface area contributed by atoms with Crippen molar-refractivity contribution in [2.24, 2.45) is 0 Å². The number of carbonyl (C=O) groups is 2.